The van der Waals surface area contributed by atoms with Gasteiger partial charge in [-0.25, -0.2) is 6.07 Å². The average Bonchev–Trinajstić information content (AvgIpc) is 2.54. The van der Waals surface area contributed by atoms with Crippen molar-refractivity contribution < 1.29 is 20.1 Å². The first-order chi connectivity index (χ1) is 5.86. The molecule has 0 N–H and O–H groups in total. The van der Waals surface area contributed by atoms with Crippen molar-refractivity contribution in [2.45, 2.75) is 0 Å². The topological polar surface area (TPSA) is 19.4 Å². The minimum atomic E-state index is 0. The Morgan fingerprint density at radius 2 is 2.07 bits per heavy atom. The molecule has 3 nitrogen and oxygen atoms in total. The molecule has 0 saturated heterocycles. The van der Waals surface area contributed by atoms with Crippen LogP contribution in [0.4, 0.5) is 5.69 Å². The summed E-state index contributed by atoms with van der Waals surface area (Å²) in [6.45, 7) is 1.98. The summed E-state index contributed by atoms with van der Waals surface area (Å²) in [6.07, 6.45) is 7.38. The van der Waals surface area contributed by atoms with Crippen molar-refractivity contribution in [3.63, 3.8) is 0 Å². The molecule has 87 valence electrons. The van der Waals surface area contributed by atoms with Crippen molar-refractivity contribution >= 4 is 5.69 Å². The smallest absolute Gasteiger partial charge is 0 e. The Labute approximate surface area is 106 Å². The van der Waals surface area contributed by atoms with E-state index in [2.05, 4.69) is 11.1 Å². The first-order valence-electron chi connectivity index (χ1n) is 3.71. The van der Waals surface area contributed by atoms with Crippen molar-refractivity contribution in [3.8, 4) is 0 Å². The van der Waals surface area contributed by atoms with Crippen molar-refractivity contribution in [1.82, 2.24) is 9.88 Å². The van der Waals surface area contributed by atoms with Gasteiger partial charge in [0.2, 0.25) is 0 Å². The predicted molar refractivity (Wildman–Crippen MR) is 59.6 cm³/mol. The SMILES string of the molecule is CN1C=CN(c2[c-]cncc2)[CH-]1.[CH3-].[CH3-].[Ir]. The summed E-state index contributed by atoms with van der Waals surface area (Å²) in [5, 5.41) is 0. The van der Waals surface area contributed by atoms with Crippen LogP contribution in [0.15, 0.2) is 30.9 Å². The molecule has 15 heavy (non-hydrogen) atoms. The third-order valence-corrected chi connectivity index (χ3v) is 1.65. The van der Waals surface area contributed by atoms with Crippen LogP contribution in [0.3, 0.4) is 0 Å². The van der Waals surface area contributed by atoms with E-state index in [1.54, 1.807) is 12.4 Å². The fourth-order valence-corrected chi connectivity index (χ4v) is 1.06. The zero-order valence-corrected chi connectivity index (χ0v) is 11.5. The van der Waals surface area contributed by atoms with E-state index in [1.165, 1.54) is 0 Å². The quantitative estimate of drug-likeness (QED) is 0.695. The number of nitrogens with zero attached hydrogens (tertiary/aromatic N) is 3. The van der Waals surface area contributed by atoms with Gasteiger partial charge in [0.05, 0.1) is 0 Å². The van der Waals surface area contributed by atoms with Gasteiger partial charge in [0.25, 0.3) is 0 Å². The number of hydrogen-bond donors (Lipinski definition) is 0. The van der Waals surface area contributed by atoms with Gasteiger partial charge < -0.3 is 29.6 Å². The Hall–Kier alpha value is -0.861. The number of anilines is 1. The third-order valence-electron chi connectivity index (χ3n) is 1.65. The van der Waals surface area contributed by atoms with E-state index in [0.717, 1.165) is 5.69 Å². The molecule has 0 aromatic carbocycles. The molecule has 0 spiro atoms. The molecule has 1 aliphatic rings. The van der Waals surface area contributed by atoms with Crippen molar-refractivity contribution in [2.75, 3.05) is 11.9 Å². The summed E-state index contributed by atoms with van der Waals surface area (Å²) in [5.41, 5.74) is 1.01. The molecule has 0 saturated carbocycles. The van der Waals surface area contributed by atoms with Gasteiger partial charge in [-0.1, -0.05) is 12.4 Å². The first-order valence-corrected chi connectivity index (χ1v) is 3.71. The van der Waals surface area contributed by atoms with Crippen molar-refractivity contribution in [3.05, 3.63) is 58.4 Å². The molecule has 0 bridgehead atoms. The molecule has 1 aliphatic heterocycles. The van der Waals surface area contributed by atoms with Crippen LogP contribution in [0.2, 0.25) is 0 Å². The van der Waals surface area contributed by atoms with Crippen molar-refractivity contribution in [2.24, 2.45) is 0 Å². The standard InChI is InChI=1S/C9H9N3.2CH3.Ir/c1-11-6-7-12(8-11)9-2-4-10-5-3-9;;;/h2,4-8H,1H3;2*1H3;/q-2;2*-1;. The minimum Gasteiger partial charge on any atom is -0.510 e. The molecule has 1 aromatic rings. The molecular weight excluding hydrogens is 366 g/mol. The van der Waals surface area contributed by atoms with Crippen LogP contribution in [0, 0.1) is 27.6 Å². The van der Waals surface area contributed by atoms with Gasteiger partial charge in [0.1, 0.15) is 0 Å². The van der Waals surface area contributed by atoms with Gasteiger partial charge in [0.15, 0.2) is 0 Å². The van der Waals surface area contributed by atoms with E-state index in [0.29, 0.717) is 0 Å². The fraction of sp³-hybridized carbons (Fsp3) is 0.0909. The van der Waals surface area contributed by atoms with E-state index in [9.17, 15) is 0 Å². The second-order valence-corrected chi connectivity index (χ2v) is 2.61. The van der Waals surface area contributed by atoms with Crippen LogP contribution < -0.4 is 4.90 Å². The van der Waals surface area contributed by atoms with Gasteiger partial charge in [-0.3, -0.25) is 0 Å². The Kier molecular flexibility index (Phi) is 8.21. The minimum absolute atomic E-state index is 0. The number of pyridine rings is 1. The Morgan fingerprint density at radius 1 is 1.33 bits per heavy atom. The van der Waals surface area contributed by atoms with E-state index >= 15 is 0 Å². The largest absolute Gasteiger partial charge is 0.510 e. The number of rotatable bonds is 1. The summed E-state index contributed by atoms with van der Waals surface area (Å²) in [5.74, 6) is 0. The monoisotopic (exact) mass is 382 g/mol. The molecule has 2 rings (SSSR count). The van der Waals surface area contributed by atoms with Gasteiger partial charge in [0, 0.05) is 20.1 Å². The van der Waals surface area contributed by atoms with E-state index < -0.39 is 0 Å². The zero-order chi connectivity index (χ0) is 8.39. The summed E-state index contributed by atoms with van der Waals surface area (Å²) >= 11 is 0. The predicted octanol–water partition coefficient (Wildman–Crippen LogP) is 2.12. The molecule has 0 aliphatic carbocycles. The molecule has 0 fully saturated rings. The zero-order valence-electron chi connectivity index (χ0n) is 9.14. The van der Waals surface area contributed by atoms with Crippen LogP contribution >= 0.6 is 0 Å². The third kappa shape index (κ3) is 4.02. The number of aromatic nitrogens is 1. The van der Waals surface area contributed by atoms with Crippen LogP contribution in [-0.4, -0.2) is 16.9 Å². The molecule has 2 heterocycles. The first kappa shape index (κ1) is 16.6. The maximum atomic E-state index is 3.90. The fourth-order valence-electron chi connectivity index (χ4n) is 1.06. The van der Waals surface area contributed by atoms with Crippen molar-refractivity contribution in [1.29, 1.82) is 0 Å². The Morgan fingerprint density at radius 3 is 2.53 bits per heavy atom. The maximum absolute atomic E-state index is 3.90. The van der Waals surface area contributed by atoms with Gasteiger partial charge >= 0.3 is 0 Å². The number of hydrogen-bond acceptors (Lipinski definition) is 3. The molecule has 0 atom stereocenters. The molecule has 0 amide bonds. The summed E-state index contributed by atoms with van der Waals surface area (Å²) in [4.78, 5) is 7.87. The average molecular weight is 381 g/mol. The van der Waals surface area contributed by atoms with Crippen LogP contribution in [0.5, 0.6) is 0 Å². The summed E-state index contributed by atoms with van der Waals surface area (Å²) in [6, 6.07) is 4.95. The second-order valence-electron chi connectivity index (χ2n) is 2.61. The Bertz CT molecular complexity index is 287. The molecule has 1 aromatic heterocycles. The van der Waals surface area contributed by atoms with E-state index in [-0.39, 0.29) is 35.0 Å². The normalized spacial score (nSPS) is 12.6. The van der Waals surface area contributed by atoms with Crippen LogP contribution in [-0.2, 0) is 20.1 Å². The Balaban J connectivity index is 0. The maximum Gasteiger partial charge on any atom is 0 e. The summed E-state index contributed by atoms with van der Waals surface area (Å²) in [7, 11) is 1.98. The second kappa shape index (κ2) is 7.43. The molecule has 4 heteroatoms. The molecule has 1 radical (unpaired) electrons. The van der Waals surface area contributed by atoms with Crippen LogP contribution in [0.1, 0.15) is 0 Å². The van der Waals surface area contributed by atoms with Gasteiger partial charge in [-0.15, -0.1) is 0 Å². The van der Waals surface area contributed by atoms with Gasteiger partial charge in [-0.05, 0) is 19.4 Å². The molecule has 0 unspecified atom stereocenters. The van der Waals surface area contributed by atoms with E-state index in [1.807, 2.05) is 42.0 Å². The van der Waals surface area contributed by atoms with Gasteiger partial charge in [-0.2, -0.15) is 18.4 Å². The van der Waals surface area contributed by atoms with Crippen LogP contribution in [0.25, 0.3) is 0 Å². The molecular formula is C11H15IrN3-4. The van der Waals surface area contributed by atoms with E-state index in [4.69, 9.17) is 0 Å². The summed E-state index contributed by atoms with van der Waals surface area (Å²) < 4.78 is 0.